The number of hydrogen-bond acceptors (Lipinski definition) is 3. The summed E-state index contributed by atoms with van der Waals surface area (Å²) in [6.07, 6.45) is 0. The highest BCUT2D eigenvalue weighted by Crippen LogP contribution is 2.32. The van der Waals surface area contributed by atoms with Gasteiger partial charge in [0.25, 0.3) is 0 Å². The van der Waals surface area contributed by atoms with E-state index < -0.39 is 12.0 Å². The Morgan fingerprint density at radius 3 is 2.25 bits per heavy atom. The lowest BCUT2D eigenvalue weighted by Gasteiger charge is -2.22. The van der Waals surface area contributed by atoms with E-state index in [0.717, 1.165) is 32.4 Å². The molecular weight excluding hydrogens is 414 g/mol. The number of aryl methyl sites for hydroxylation is 1. The number of carbonyl (C=O) groups excluding carboxylic acids is 1. The predicted octanol–water partition coefficient (Wildman–Crippen LogP) is 6.31. The van der Waals surface area contributed by atoms with Gasteiger partial charge in [0, 0.05) is 10.2 Å². The Morgan fingerprint density at radius 2 is 1.64 bits per heavy atom. The summed E-state index contributed by atoms with van der Waals surface area (Å²) in [5.74, 6) is -0.437. The van der Waals surface area contributed by atoms with E-state index in [1.165, 1.54) is 7.11 Å². The Bertz CT molecular complexity index is 981. The van der Waals surface area contributed by atoms with Crippen LogP contribution < -0.4 is 5.32 Å². The quantitative estimate of drug-likeness (QED) is 0.364. The van der Waals surface area contributed by atoms with Crippen LogP contribution in [0.25, 0.3) is 11.1 Å². The van der Waals surface area contributed by atoms with Crippen LogP contribution in [0.4, 0.5) is 5.69 Å². The minimum Gasteiger partial charge on any atom is -0.466 e. The molecule has 28 heavy (non-hydrogen) atoms. The number of hydrogen-bond donors (Lipinski definition) is 1. The number of anilines is 1. The Morgan fingerprint density at radius 1 is 1.00 bits per heavy atom. The summed E-state index contributed by atoms with van der Waals surface area (Å²) in [5.41, 5.74) is 5.57. The molecule has 4 heteroatoms. The summed E-state index contributed by atoms with van der Waals surface area (Å²) in [7, 11) is 1.37. The van der Waals surface area contributed by atoms with Gasteiger partial charge in [0.2, 0.25) is 0 Å². The van der Waals surface area contributed by atoms with E-state index >= 15 is 0 Å². The van der Waals surface area contributed by atoms with Gasteiger partial charge in [-0.05, 0) is 57.2 Å². The molecule has 0 saturated heterocycles. The minimum absolute atomic E-state index is 0.349. The molecule has 1 N–H and O–H groups in total. The summed E-state index contributed by atoms with van der Waals surface area (Å²) in [6, 6.07) is 23.9. The lowest BCUT2D eigenvalue weighted by Crippen LogP contribution is -2.19. The summed E-state index contributed by atoms with van der Waals surface area (Å²) in [6.45, 7) is 6.00. The number of rotatable bonds is 6. The van der Waals surface area contributed by atoms with E-state index in [-0.39, 0.29) is 0 Å². The van der Waals surface area contributed by atoms with E-state index in [0.29, 0.717) is 5.57 Å². The van der Waals surface area contributed by atoms with Crippen LogP contribution in [-0.2, 0) is 9.53 Å². The van der Waals surface area contributed by atoms with Crippen molar-refractivity contribution in [1.82, 2.24) is 0 Å². The van der Waals surface area contributed by atoms with E-state index in [1.54, 1.807) is 0 Å². The van der Waals surface area contributed by atoms with Crippen LogP contribution in [0, 0.1) is 6.92 Å². The summed E-state index contributed by atoms with van der Waals surface area (Å²) >= 11 is 3.59. The average Bonchev–Trinajstić information content (AvgIpc) is 2.73. The molecule has 0 fully saturated rings. The van der Waals surface area contributed by atoms with Crippen LogP contribution in [0.5, 0.6) is 0 Å². The van der Waals surface area contributed by atoms with Gasteiger partial charge in [0.05, 0.1) is 18.7 Å². The molecule has 0 heterocycles. The monoisotopic (exact) mass is 435 g/mol. The topological polar surface area (TPSA) is 38.3 Å². The van der Waals surface area contributed by atoms with Crippen molar-refractivity contribution in [1.29, 1.82) is 0 Å². The zero-order valence-corrected chi connectivity index (χ0v) is 17.5. The van der Waals surface area contributed by atoms with Crippen molar-refractivity contribution >= 4 is 27.6 Å². The van der Waals surface area contributed by atoms with Crippen LogP contribution in [0.15, 0.2) is 89.4 Å². The zero-order valence-electron chi connectivity index (χ0n) is 15.9. The highest BCUT2D eigenvalue weighted by atomic mass is 79.9. The number of methoxy groups -OCH3 is 1. The molecule has 3 nitrogen and oxygen atoms in total. The summed E-state index contributed by atoms with van der Waals surface area (Å²) in [4.78, 5) is 12.2. The van der Waals surface area contributed by atoms with Crippen LogP contribution in [0.3, 0.4) is 0 Å². The fourth-order valence-corrected chi connectivity index (χ4v) is 3.62. The molecule has 0 amide bonds. The molecule has 0 spiro atoms. The Labute approximate surface area is 174 Å². The van der Waals surface area contributed by atoms with E-state index in [4.69, 9.17) is 4.74 Å². The second-order valence-corrected chi connectivity index (χ2v) is 7.42. The molecule has 3 aromatic carbocycles. The molecule has 142 valence electrons. The first-order valence-corrected chi connectivity index (χ1v) is 9.74. The van der Waals surface area contributed by atoms with Crippen LogP contribution in [0.1, 0.15) is 17.2 Å². The van der Waals surface area contributed by atoms with Gasteiger partial charge in [-0.1, -0.05) is 67.2 Å². The number of carbonyl (C=O) groups is 1. The number of nitrogens with one attached hydrogen (secondary N) is 1. The van der Waals surface area contributed by atoms with Crippen molar-refractivity contribution in [2.45, 2.75) is 13.0 Å². The maximum absolute atomic E-state index is 12.2. The molecule has 1 atom stereocenters. The van der Waals surface area contributed by atoms with Crippen molar-refractivity contribution in [3.63, 3.8) is 0 Å². The van der Waals surface area contributed by atoms with Crippen LogP contribution in [-0.4, -0.2) is 13.1 Å². The predicted molar refractivity (Wildman–Crippen MR) is 118 cm³/mol. The first-order valence-electron chi connectivity index (χ1n) is 8.95. The zero-order chi connectivity index (χ0) is 20.1. The molecule has 0 saturated carbocycles. The standard InChI is InChI=1S/C24H22BrNO2/c1-16-9-14-22(21(25)15-16)26-23(17(2)24(27)28-3)20-12-10-19(11-13-20)18-7-5-4-6-8-18/h4-15,23,26H,2H2,1,3H3. The van der Waals surface area contributed by atoms with Gasteiger partial charge < -0.3 is 10.1 Å². The molecule has 3 rings (SSSR count). The van der Waals surface area contributed by atoms with Gasteiger partial charge in [0.1, 0.15) is 0 Å². The highest BCUT2D eigenvalue weighted by Gasteiger charge is 2.22. The van der Waals surface area contributed by atoms with Crippen molar-refractivity contribution in [3.05, 3.63) is 101 Å². The lowest BCUT2D eigenvalue weighted by atomic mass is 9.96. The molecule has 0 aliphatic carbocycles. The smallest absolute Gasteiger partial charge is 0.335 e. The van der Waals surface area contributed by atoms with Gasteiger partial charge in [-0.2, -0.15) is 0 Å². The van der Waals surface area contributed by atoms with Gasteiger partial charge in [0.15, 0.2) is 0 Å². The molecule has 3 aromatic rings. The van der Waals surface area contributed by atoms with Crippen molar-refractivity contribution in [2.75, 3.05) is 12.4 Å². The number of ether oxygens (including phenoxy) is 1. The Balaban J connectivity index is 1.94. The molecule has 1 unspecified atom stereocenters. The fraction of sp³-hybridized carbons (Fsp3) is 0.125. The van der Waals surface area contributed by atoms with Gasteiger partial charge in [-0.25, -0.2) is 4.79 Å². The van der Waals surface area contributed by atoms with E-state index in [2.05, 4.69) is 40.0 Å². The van der Waals surface area contributed by atoms with Gasteiger partial charge in [-0.3, -0.25) is 0 Å². The first kappa shape index (κ1) is 19.9. The Hall–Kier alpha value is -2.85. The third-order valence-corrected chi connectivity index (χ3v) is 5.23. The third-order valence-electron chi connectivity index (χ3n) is 4.57. The van der Waals surface area contributed by atoms with Gasteiger partial charge in [-0.15, -0.1) is 0 Å². The highest BCUT2D eigenvalue weighted by molar-refractivity contribution is 9.10. The second-order valence-electron chi connectivity index (χ2n) is 6.57. The minimum atomic E-state index is -0.437. The normalized spacial score (nSPS) is 11.5. The molecule has 0 aromatic heterocycles. The number of esters is 1. The molecule has 0 aliphatic heterocycles. The summed E-state index contributed by atoms with van der Waals surface area (Å²) < 4.78 is 5.83. The largest absolute Gasteiger partial charge is 0.466 e. The van der Waals surface area contributed by atoms with Crippen molar-refractivity contribution in [2.24, 2.45) is 0 Å². The molecule has 0 bridgehead atoms. The average molecular weight is 436 g/mol. The SMILES string of the molecule is C=C(C(=O)OC)C(Nc1ccc(C)cc1Br)c1ccc(-c2ccccc2)cc1. The van der Waals surface area contributed by atoms with Crippen molar-refractivity contribution in [3.8, 4) is 11.1 Å². The van der Waals surface area contributed by atoms with Gasteiger partial charge >= 0.3 is 5.97 Å². The number of benzene rings is 3. The summed E-state index contributed by atoms with van der Waals surface area (Å²) in [5, 5.41) is 3.42. The fourth-order valence-electron chi connectivity index (χ4n) is 3.01. The second kappa shape index (κ2) is 8.89. The first-order chi connectivity index (χ1) is 13.5. The Kier molecular flexibility index (Phi) is 6.32. The maximum Gasteiger partial charge on any atom is 0.335 e. The molecular formula is C24H22BrNO2. The van der Waals surface area contributed by atoms with Crippen LogP contribution in [0.2, 0.25) is 0 Å². The lowest BCUT2D eigenvalue weighted by molar-refractivity contribution is -0.136. The maximum atomic E-state index is 12.2. The molecule has 0 radical (unpaired) electrons. The molecule has 0 aliphatic rings. The van der Waals surface area contributed by atoms with E-state index in [1.807, 2.05) is 67.6 Å². The number of halogens is 1. The van der Waals surface area contributed by atoms with E-state index in [9.17, 15) is 4.79 Å². The third kappa shape index (κ3) is 4.52. The van der Waals surface area contributed by atoms with Crippen molar-refractivity contribution < 1.29 is 9.53 Å². The van der Waals surface area contributed by atoms with Crippen LogP contribution >= 0.6 is 15.9 Å².